The number of carbonyl (C=O) groups excluding carboxylic acids is 1. The van der Waals surface area contributed by atoms with Crippen LogP contribution in [-0.4, -0.2) is 26.5 Å². The lowest BCUT2D eigenvalue weighted by Crippen LogP contribution is -2.39. The molecule has 1 aliphatic carbocycles. The first-order valence-corrected chi connectivity index (χ1v) is 11.9. The van der Waals surface area contributed by atoms with Crippen LogP contribution < -0.4 is 5.32 Å². The summed E-state index contributed by atoms with van der Waals surface area (Å²) in [4.78, 5) is 21.6. The Morgan fingerprint density at radius 3 is 2.53 bits per heavy atom. The maximum absolute atomic E-state index is 13.9. The molecule has 1 aliphatic rings. The van der Waals surface area contributed by atoms with Gasteiger partial charge in [-0.1, -0.05) is 12.1 Å². The maximum atomic E-state index is 13.9. The molecule has 6 heteroatoms. The van der Waals surface area contributed by atoms with Crippen LogP contribution in [-0.2, 0) is 7.05 Å². The van der Waals surface area contributed by atoms with Gasteiger partial charge >= 0.3 is 0 Å². The number of imidazole rings is 1. The molecule has 174 valence electrons. The van der Waals surface area contributed by atoms with Crippen LogP contribution >= 0.6 is 0 Å². The summed E-state index contributed by atoms with van der Waals surface area (Å²) in [6, 6.07) is 14.5. The molecule has 0 bridgehead atoms. The number of nitrogens with one attached hydrogen (secondary N) is 1. The van der Waals surface area contributed by atoms with E-state index in [1.165, 1.54) is 11.6 Å². The van der Waals surface area contributed by atoms with Crippen LogP contribution in [0.2, 0.25) is 0 Å². The fourth-order valence-electron chi connectivity index (χ4n) is 5.19. The molecule has 1 atom stereocenters. The first-order valence-electron chi connectivity index (χ1n) is 11.9. The molecule has 0 spiro atoms. The molecule has 5 rings (SSSR count). The van der Waals surface area contributed by atoms with Gasteiger partial charge in [0.1, 0.15) is 5.82 Å². The number of nitrogens with zero attached hydrogens (tertiary/aromatic N) is 3. The van der Waals surface area contributed by atoms with Crippen molar-refractivity contribution in [2.75, 3.05) is 0 Å². The topological polar surface area (TPSA) is 59.8 Å². The van der Waals surface area contributed by atoms with Gasteiger partial charge in [-0.05, 0) is 86.4 Å². The molecule has 0 radical (unpaired) electrons. The minimum Gasteiger partial charge on any atom is -0.349 e. The molecule has 5 nitrogen and oxygen atoms in total. The highest BCUT2D eigenvalue weighted by molar-refractivity contribution is 5.94. The van der Waals surface area contributed by atoms with Gasteiger partial charge in [0.15, 0.2) is 0 Å². The third kappa shape index (κ3) is 4.58. The van der Waals surface area contributed by atoms with Gasteiger partial charge < -0.3 is 9.88 Å². The summed E-state index contributed by atoms with van der Waals surface area (Å²) in [6.45, 7) is 2.10. The minimum atomic E-state index is -0.222. The Labute approximate surface area is 199 Å². The highest BCUT2D eigenvalue weighted by Gasteiger charge is 2.28. The molecular formula is C28H29FN4O. The van der Waals surface area contributed by atoms with Crippen molar-refractivity contribution in [2.24, 2.45) is 13.0 Å². The quantitative estimate of drug-likeness (QED) is 0.409. The molecule has 1 saturated carbocycles. The Kier molecular flexibility index (Phi) is 6.14. The van der Waals surface area contributed by atoms with Crippen LogP contribution in [0.5, 0.6) is 0 Å². The fourth-order valence-corrected chi connectivity index (χ4v) is 5.19. The standard InChI is InChI=1S/C28H29FN4O/c1-18(32-28(34)22-9-7-21(8-10-22)27-16-33(2)17-31-27)19-3-5-20(6-4-19)24-13-14-30-26-12-11-23(29)15-25(24)26/h7-20H,3-6H2,1-2H3,(H,32,34)/t18-,19?,20?/m1/s1. The molecule has 0 aliphatic heterocycles. The number of hydrogen-bond donors (Lipinski definition) is 1. The van der Waals surface area contributed by atoms with Crippen molar-refractivity contribution in [3.05, 3.63) is 84.2 Å². The molecule has 0 saturated heterocycles. The number of hydrogen-bond acceptors (Lipinski definition) is 3. The van der Waals surface area contributed by atoms with Crippen molar-refractivity contribution in [1.82, 2.24) is 19.9 Å². The van der Waals surface area contributed by atoms with Crippen molar-refractivity contribution in [3.8, 4) is 11.3 Å². The molecule has 2 heterocycles. The zero-order valence-corrected chi connectivity index (χ0v) is 19.5. The number of amides is 1. The normalized spacial score (nSPS) is 19.1. The minimum absolute atomic E-state index is 0.0437. The van der Waals surface area contributed by atoms with Gasteiger partial charge in [0.2, 0.25) is 0 Å². The van der Waals surface area contributed by atoms with Gasteiger partial charge in [0.25, 0.3) is 5.91 Å². The summed E-state index contributed by atoms with van der Waals surface area (Å²) in [7, 11) is 1.94. The number of pyridine rings is 1. The summed E-state index contributed by atoms with van der Waals surface area (Å²) in [5, 5.41) is 4.12. The second-order valence-corrected chi connectivity index (χ2v) is 9.44. The number of rotatable bonds is 5. The zero-order chi connectivity index (χ0) is 23.7. The molecule has 1 fully saturated rings. The van der Waals surface area contributed by atoms with E-state index in [4.69, 9.17) is 0 Å². The summed E-state index contributed by atoms with van der Waals surface area (Å²) in [5.41, 5.74) is 4.57. The van der Waals surface area contributed by atoms with Gasteiger partial charge in [-0.15, -0.1) is 0 Å². The fraction of sp³-hybridized carbons (Fsp3) is 0.321. The van der Waals surface area contributed by atoms with Crippen LogP contribution in [0, 0.1) is 11.7 Å². The summed E-state index contributed by atoms with van der Waals surface area (Å²) >= 11 is 0. The molecule has 2 aromatic carbocycles. The molecule has 1 N–H and O–H groups in total. The first kappa shape index (κ1) is 22.3. The highest BCUT2D eigenvalue weighted by Crippen LogP contribution is 2.39. The van der Waals surface area contributed by atoms with Crippen LogP contribution in [0.4, 0.5) is 4.39 Å². The van der Waals surface area contributed by atoms with E-state index in [1.807, 2.05) is 54.3 Å². The van der Waals surface area contributed by atoms with E-state index >= 15 is 0 Å². The number of carbonyl (C=O) groups is 1. The van der Waals surface area contributed by atoms with Gasteiger partial charge in [-0.2, -0.15) is 0 Å². The highest BCUT2D eigenvalue weighted by atomic mass is 19.1. The van der Waals surface area contributed by atoms with Crippen molar-refractivity contribution >= 4 is 16.8 Å². The summed E-state index contributed by atoms with van der Waals surface area (Å²) in [5.74, 6) is 0.557. The second kappa shape index (κ2) is 9.37. The van der Waals surface area contributed by atoms with Gasteiger partial charge in [0, 0.05) is 42.0 Å². The molecule has 1 amide bonds. The maximum Gasteiger partial charge on any atom is 0.251 e. The lowest BCUT2D eigenvalue weighted by Gasteiger charge is -2.33. The third-order valence-electron chi connectivity index (χ3n) is 7.16. The van der Waals surface area contributed by atoms with E-state index in [-0.39, 0.29) is 17.8 Å². The van der Waals surface area contributed by atoms with Gasteiger partial charge in [0.05, 0.1) is 17.5 Å². The predicted molar refractivity (Wildman–Crippen MR) is 132 cm³/mol. The smallest absolute Gasteiger partial charge is 0.251 e. The van der Waals surface area contributed by atoms with Crippen LogP contribution in [0.1, 0.15) is 54.4 Å². The number of halogens is 1. The number of aryl methyl sites for hydroxylation is 1. The summed E-state index contributed by atoms with van der Waals surface area (Å²) in [6.07, 6.45) is 9.66. The van der Waals surface area contributed by atoms with Crippen LogP contribution in [0.25, 0.3) is 22.2 Å². The number of benzene rings is 2. The molecule has 2 aromatic heterocycles. The van der Waals surface area contributed by atoms with E-state index in [0.29, 0.717) is 17.4 Å². The number of aromatic nitrogens is 3. The number of fused-ring (bicyclic) bond motifs is 1. The Balaban J connectivity index is 1.20. The lowest BCUT2D eigenvalue weighted by molar-refractivity contribution is 0.0918. The van der Waals surface area contributed by atoms with E-state index in [0.717, 1.165) is 47.8 Å². The Hall–Kier alpha value is -3.54. The Morgan fingerprint density at radius 2 is 1.82 bits per heavy atom. The van der Waals surface area contributed by atoms with E-state index in [9.17, 15) is 9.18 Å². The van der Waals surface area contributed by atoms with E-state index in [2.05, 4.69) is 22.2 Å². The van der Waals surface area contributed by atoms with Crippen molar-refractivity contribution in [2.45, 2.75) is 44.6 Å². The second-order valence-electron chi connectivity index (χ2n) is 9.44. The summed E-state index contributed by atoms with van der Waals surface area (Å²) < 4.78 is 15.8. The van der Waals surface area contributed by atoms with Crippen molar-refractivity contribution in [3.63, 3.8) is 0 Å². The molecule has 4 aromatic rings. The zero-order valence-electron chi connectivity index (χ0n) is 19.5. The van der Waals surface area contributed by atoms with Crippen molar-refractivity contribution in [1.29, 1.82) is 0 Å². The molecule has 34 heavy (non-hydrogen) atoms. The van der Waals surface area contributed by atoms with E-state index in [1.54, 1.807) is 18.5 Å². The van der Waals surface area contributed by atoms with Gasteiger partial charge in [-0.3, -0.25) is 9.78 Å². The largest absolute Gasteiger partial charge is 0.349 e. The van der Waals surface area contributed by atoms with Crippen LogP contribution in [0.3, 0.4) is 0 Å². The van der Waals surface area contributed by atoms with Crippen molar-refractivity contribution < 1.29 is 9.18 Å². The Bertz CT molecular complexity index is 1310. The van der Waals surface area contributed by atoms with Crippen LogP contribution in [0.15, 0.2) is 67.3 Å². The third-order valence-corrected chi connectivity index (χ3v) is 7.16. The molecule has 0 unspecified atom stereocenters. The SMILES string of the molecule is C[C@@H](NC(=O)c1ccc(-c2cn(C)cn2)cc1)C1CCC(c2ccnc3ccc(F)cc23)CC1. The lowest BCUT2D eigenvalue weighted by atomic mass is 9.75. The Morgan fingerprint density at radius 1 is 1.06 bits per heavy atom. The average Bonchev–Trinajstić information content (AvgIpc) is 3.30. The predicted octanol–water partition coefficient (Wildman–Crippen LogP) is 5.87. The monoisotopic (exact) mass is 456 g/mol. The van der Waals surface area contributed by atoms with Gasteiger partial charge in [-0.25, -0.2) is 9.37 Å². The average molecular weight is 457 g/mol. The molecular weight excluding hydrogens is 427 g/mol. The van der Waals surface area contributed by atoms with E-state index < -0.39 is 0 Å². The first-order chi connectivity index (χ1) is 16.5.